The van der Waals surface area contributed by atoms with Gasteiger partial charge in [0.05, 0.1) is 19.3 Å². The van der Waals surface area contributed by atoms with Gasteiger partial charge in [-0.05, 0) is 19.5 Å². The summed E-state index contributed by atoms with van der Waals surface area (Å²) >= 11 is 0. The van der Waals surface area contributed by atoms with Crippen molar-refractivity contribution in [3.63, 3.8) is 0 Å². The first-order chi connectivity index (χ1) is 10.0. The van der Waals surface area contributed by atoms with Gasteiger partial charge in [-0.25, -0.2) is 0 Å². The molecule has 1 heterocycles. The fraction of sp³-hybridized carbons (Fsp3) is 0.562. The van der Waals surface area contributed by atoms with Crippen LogP contribution in [0.5, 0.6) is 0 Å². The van der Waals surface area contributed by atoms with Crippen LogP contribution in [-0.4, -0.2) is 66.8 Å². The van der Waals surface area contributed by atoms with E-state index in [-0.39, 0.29) is 12.6 Å². The third-order valence-corrected chi connectivity index (χ3v) is 3.67. The van der Waals surface area contributed by atoms with Crippen LogP contribution >= 0.6 is 0 Å². The van der Waals surface area contributed by atoms with E-state index in [1.807, 2.05) is 7.05 Å². The molecule has 5 nitrogen and oxygen atoms in total. The molecule has 1 unspecified atom stereocenters. The number of morpholine rings is 1. The first-order valence-corrected chi connectivity index (χ1v) is 7.33. The van der Waals surface area contributed by atoms with Crippen LogP contribution in [0.1, 0.15) is 11.1 Å². The van der Waals surface area contributed by atoms with Crippen LogP contribution in [0.3, 0.4) is 0 Å². The smallest absolute Gasteiger partial charge is 0.317 e. The maximum atomic E-state index is 10.7. The number of hydrogen-bond donors (Lipinski definition) is 1. The summed E-state index contributed by atoms with van der Waals surface area (Å²) in [6, 6.07) is 8.59. The van der Waals surface area contributed by atoms with Gasteiger partial charge in [0, 0.05) is 26.2 Å². The Labute approximate surface area is 126 Å². The Balaban J connectivity index is 1.82. The van der Waals surface area contributed by atoms with Gasteiger partial charge in [0.15, 0.2) is 0 Å². The molecule has 1 aromatic rings. The largest absolute Gasteiger partial charge is 0.480 e. The SMILES string of the molecule is Cc1ccc(CN2CCOC(CN(C)CC(=O)O)C2)cc1. The standard InChI is InChI=1S/C16H24N2O3/c1-13-3-5-14(6-4-13)9-18-7-8-21-15(11-18)10-17(2)12-16(19)20/h3-6,15H,7-12H2,1-2H3,(H,19,20). The van der Waals surface area contributed by atoms with E-state index in [0.717, 1.165) is 19.6 Å². The summed E-state index contributed by atoms with van der Waals surface area (Å²) in [7, 11) is 1.82. The zero-order chi connectivity index (χ0) is 15.2. The van der Waals surface area contributed by atoms with E-state index < -0.39 is 5.97 Å². The lowest BCUT2D eigenvalue weighted by Gasteiger charge is -2.34. The molecular formula is C16H24N2O3. The minimum absolute atomic E-state index is 0.0534. The van der Waals surface area contributed by atoms with E-state index in [2.05, 4.69) is 36.1 Å². The zero-order valence-corrected chi connectivity index (χ0v) is 12.8. The summed E-state index contributed by atoms with van der Waals surface area (Å²) in [5, 5.41) is 8.79. The Bertz CT molecular complexity index is 461. The molecule has 5 heteroatoms. The minimum Gasteiger partial charge on any atom is -0.480 e. The highest BCUT2D eigenvalue weighted by Crippen LogP contribution is 2.12. The van der Waals surface area contributed by atoms with E-state index in [1.165, 1.54) is 11.1 Å². The van der Waals surface area contributed by atoms with Crippen molar-refractivity contribution >= 4 is 5.97 Å². The van der Waals surface area contributed by atoms with Crippen molar-refractivity contribution in [2.45, 2.75) is 19.6 Å². The molecule has 21 heavy (non-hydrogen) atoms. The van der Waals surface area contributed by atoms with Crippen molar-refractivity contribution < 1.29 is 14.6 Å². The number of carbonyl (C=O) groups is 1. The van der Waals surface area contributed by atoms with Gasteiger partial charge in [0.2, 0.25) is 0 Å². The van der Waals surface area contributed by atoms with Crippen LogP contribution in [-0.2, 0) is 16.1 Å². The van der Waals surface area contributed by atoms with Crippen molar-refractivity contribution in [2.24, 2.45) is 0 Å². The van der Waals surface area contributed by atoms with Crippen molar-refractivity contribution in [3.8, 4) is 0 Å². The lowest BCUT2D eigenvalue weighted by Crippen LogP contribution is -2.47. The number of carboxylic acids is 1. The molecule has 1 N–H and O–H groups in total. The summed E-state index contributed by atoms with van der Waals surface area (Å²) < 4.78 is 5.74. The molecule has 2 rings (SSSR count). The topological polar surface area (TPSA) is 53.0 Å². The average Bonchev–Trinajstić information content (AvgIpc) is 2.41. The van der Waals surface area contributed by atoms with E-state index >= 15 is 0 Å². The average molecular weight is 292 g/mol. The molecule has 0 aliphatic carbocycles. The third-order valence-electron chi connectivity index (χ3n) is 3.67. The van der Waals surface area contributed by atoms with E-state index in [0.29, 0.717) is 13.2 Å². The normalized spacial score (nSPS) is 19.9. The highest BCUT2D eigenvalue weighted by molar-refractivity contribution is 5.69. The quantitative estimate of drug-likeness (QED) is 0.854. The first-order valence-electron chi connectivity index (χ1n) is 7.33. The number of ether oxygens (including phenoxy) is 1. The molecule has 1 aliphatic heterocycles. The summed E-state index contributed by atoms with van der Waals surface area (Å²) in [5.41, 5.74) is 2.58. The zero-order valence-electron chi connectivity index (χ0n) is 12.8. The fourth-order valence-corrected chi connectivity index (χ4v) is 2.63. The van der Waals surface area contributed by atoms with Crippen molar-refractivity contribution in [3.05, 3.63) is 35.4 Å². The van der Waals surface area contributed by atoms with E-state index in [9.17, 15) is 4.79 Å². The summed E-state index contributed by atoms with van der Waals surface area (Å²) in [4.78, 5) is 14.9. The number of rotatable bonds is 6. The summed E-state index contributed by atoms with van der Waals surface area (Å²) in [6.07, 6.45) is 0.0774. The lowest BCUT2D eigenvalue weighted by atomic mass is 10.1. The highest BCUT2D eigenvalue weighted by atomic mass is 16.5. The van der Waals surface area contributed by atoms with Gasteiger partial charge in [-0.3, -0.25) is 14.6 Å². The molecule has 0 aromatic heterocycles. The minimum atomic E-state index is -0.801. The second kappa shape index (κ2) is 7.54. The number of aliphatic carboxylic acids is 1. The summed E-state index contributed by atoms with van der Waals surface area (Å²) in [6.45, 7) is 6.19. The molecule has 0 radical (unpaired) electrons. The van der Waals surface area contributed by atoms with Crippen LogP contribution in [0.15, 0.2) is 24.3 Å². The van der Waals surface area contributed by atoms with Crippen LogP contribution in [0.2, 0.25) is 0 Å². The Morgan fingerprint density at radius 1 is 1.43 bits per heavy atom. The van der Waals surface area contributed by atoms with E-state index in [1.54, 1.807) is 4.90 Å². The van der Waals surface area contributed by atoms with Crippen LogP contribution in [0.25, 0.3) is 0 Å². The number of hydrogen-bond acceptors (Lipinski definition) is 4. The first kappa shape index (κ1) is 15.9. The number of benzene rings is 1. The van der Waals surface area contributed by atoms with E-state index in [4.69, 9.17) is 9.84 Å². The van der Waals surface area contributed by atoms with Gasteiger partial charge < -0.3 is 9.84 Å². The van der Waals surface area contributed by atoms with Gasteiger partial charge in [-0.15, -0.1) is 0 Å². The van der Waals surface area contributed by atoms with Crippen LogP contribution < -0.4 is 0 Å². The number of nitrogens with zero attached hydrogens (tertiary/aromatic N) is 2. The van der Waals surface area contributed by atoms with Crippen LogP contribution in [0, 0.1) is 6.92 Å². The van der Waals surface area contributed by atoms with Gasteiger partial charge in [0.1, 0.15) is 0 Å². The Morgan fingerprint density at radius 2 is 2.14 bits per heavy atom. The monoisotopic (exact) mass is 292 g/mol. The second-order valence-electron chi connectivity index (χ2n) is 5.80. The third kappa shape index (κ3) is 5.46. The molecule has 1 aliphatic rings. The Hall–Kier alpha value is -1.43. The molecule has 0 amide bonds. The fourth-order valence-electron chi connectivity index (χ4n) is 2.63. The second-order valence-corrected chi connectivity index (χ2v) is 5.80. The molecule has 1 aromatic carbocycles. The van der Waals surface area contributed by atoms with Crippen molar-refractivity contribution in [1.29, 1.82) is 0 Å². The summed E-state index contributed by atoms with van der Waals surface area (Å²) in [5.74, 6) is -0.801. The molecule has 0 saturated carbocycles. The van der Waals surface area contributed by atoms with Gasteiger partial charge >= 0.3 is 5.97 Å². The predicted molar refractivity (Wildman–Crippen MR) is 81.3 cm³/mol. The molecule has 0 bridgehead atoms. The number of likely N-dealkylation sites (N-methyl/N-ethyl adjacent to an activating group) is 1. The lowest BCUT2D eigenvalue weighted by molar-refractivity contribution is -0.138. The molecule has 0 spiro atoms. The van der Waals surface area contributed by atoms with Crippen molar-refractivity contribution in [1.82, 2.24) is 9.80 Å². The number of carboxylic acid groups (broad SMARTS) is 1. The molecule has 1 fully saturated rings. The van der Waals surface area contributed by atoms with Gasteiger partial charge in [-0.1, -0.05) is 29.8 Å². The molecule has 116 valence electrons. The Kier molecular flexibility index (Phi) is 5.73. The molecule has 1 saturated heterocycles. The predicted octanol–water partition coefficient (Wildman–Crippen LogP) is 1.21. The van der Waals surface area contributed by atoms with Crippen molar-refractivity contribution in [2.75, 3.05) is 39.8 Å². The number of aryl methyl sites for hydroxylation is 1. The van der Waals surface area contributed by atoms with Gasteiger partial charge in [0.25, 0.3) is 0 Å². The molecular weight excluding hydrogens is 268 g/mol. The maximum absolute atomic E-state index is 10.7. The molecule has 1 atom stereocenters. The van der Waals surface area contributed by atoms with Gasteiger partial charge in [-0.2, -0.15) is 0 Å². The van der Waals surface area contributed by atoms with Crippen LogP contribution in [0.4, 0.5) is 0 Å². The highest BCUT2D eigenvalue weighted by Gasteiger charge is 2.22. The Morgan fingerprint density at radius 3 is 2.81 bits per heavy atom. The maximum Gasteiger partial charge on any atom is 0.317 e.